The van der Waals surface area contributed by atoms with Gasteiger partial charge in [0.15, 0.2) is 0 Å². The van der Waals surface area contributed by atoms with Crippen molar-refractivity contribution in [3.8, 4) is 23.0 Å². The van der Waals surface area contributed by atoms with Crippen molar-refractivity contribution in [1.29, 1.82) is 0 Å². The highest BCUT2D eigenvalue weighted by Gasteiger charge is 2.17. The minimum absolute atomic E-state index is 0.323. The first-order valence-electron chi connectivity index (χ1n) is 12.9. The van der Waals surface area contributed by atoms with Crippen LogP contribution in [-0.2, 0) is 0 Å². The molecule has 0 unspecified atom stereocenters. The number of nitrogens with zero attached hydrogens (tertiary/aromatic N) is 1. The fourth-order valence-corrected chi connectivity index (χ4v) is 4.02. The summed E-state index contributed by atoms with van der Waals surface area (Å²) in [6, 6.07) is 28.0. The molecule has 212 valence electrons. The van der Waals surface area contributed by atoms with Crippen LogP contribution in [0.4, 0.5) is 26.7 Å². The van der Waals surface area contributed by atoms with Crippen LogP contribution in [0.5, 0.6) is 23.0 Å². The number of carbonyl (C=O) groups excluding carboxylic acids is 2. The molecule has 0 aliphatic heterocycles. The number of rotatable bonds is 11. The molecular formula is C31H31ClN4O5. The third kappa shape index (κ3) is 8.55. The van der Waals surface area contributed by atoms with E-state index >= 15 is 0 Å². The number of amides is 4. The van der Waals surface area contributed by atoms with Crippen LogP contribution in [0.25, 0.3) is 0 Å². The van der Waals surface area contributed by atoms with Crippen molar-refractivity contribution in [3.05, 3.63) is 102 Å². The molecule has 0 fully saturated rings. The summed E-state index contributed by atoms with van der Waals surface area (Å²) in [6.07, 6.45) is 0.490. The second-order valence-corrected chi connectivity index (χ2v) is 9.23. The lowest BCUT2D eigenvalue weighted by atomic mass is 10.2. The highest BCUT2D eigenvalue weighted by atomic mass is 35.5. The lowest BCUT2D eigenvalue weighted by molar-refractivity contribution is 0.252. The van der Waals surface area contributed by atoms with E-state index in [9.17, 15) is 9.59 Å². The van der Waals surface area contributed by atoms with Crippen molar-refractivity contribution in [2.75, 3.05) is 42.8 Å². The van der Waals surface area contributed by atoms with Gasteiger partial charge in [0.25, 0.3) is 0 Å². The Morgan fingerprint density at radius 3 is 2.15 bits per heavy atom. The first-order chi connectivity index (χ1) is 19.9. The summed E-state index contributed by atoms with van der Waals surface area (Å²) < 4.78 is 16.4. The fraction of sp³-hybridized carbons (Fsp3) is 0.161. The van der Waals surface area contributed by atoms with E-state index in [2.05, 4.69) is 16.0 Å². The number of hydrogen-bond acceptors (Lipinski definition) is 5. The molecule has 0 atom stereocenters. The van der Waals surface area contributed by atoms with E-state index in [0.29, 0.717) is 64.6 Å². The Hall–Kier alpha value is -4.89. The van der Waals surface area contributed by atoms with E-state index in [1.165, 1.54) is 7.11 Å². The zero-order chi connectivity index (χ0) is 29.0. The molecule has 4 rings (SSSR count). The zero-order valence-corrected chi connectivity index (χ0v) is 23.5. The normalized spacial score (nSPS) is 10.3. The quantitative estimate of drug-likeness (QED) is 0.162. The number of methoxy groups -OCH3 is 2. The minimum atomic E-state index is -0.395. The van der Waals surface area contributed by atoms with Gasteiger partial charge in [-0.1, -0.05) is 29.8 Å². The highest BCUT2D eigenvalue weighted by Crippen LogP contribution is 2.29. The molecule has 0 aliphatic rings. The van der Waals surface area contributed by atoms with E-state index < -0.39 is 6.03 Å². The first kappa shape index (κ1) is 29.1. The van der Waals surface area contributed by atoms with E-state index in [-0.39, 0.29) is 6.03 Å². The molecule has 0 spiro atoms. The molecule has 4 aromatic rings. The predicted molar refractivity (Wildman–Crippen MR) is 162 cm³/mol. The third-order valence-corrected chi connectivity index (χ3v) is 6.22. The number of halogens is 1. The molecule has 0 saturated carbocycles. The zero-order valence-electron chi connectivity index (χ0n) is 22.7. The van der Waals surface area contributed by atoms with E-state index in [1.807, 2.05) is 42.5 Å². The molecule has 3 N–H and O–H groups in total. The molecule has 9 nitrogen and oxygen atoms in total. The highest BCUT2D eigenvalue weighted by molar-refractivity contribution is 6.30. The fourth-order valence-electron chi connectivity index (χ4n) is 3.90. The van der Waals surface area contributed by atoms with Gasteiger partial charge < -0.3 is 30.2 Å². The van der Waals surface area contributed by atoms with Gasteiger partial charge in [-0.2, -0.15) is 0 Å². The van der Waals surface area contributed by atoms with Crippen molar-refractivity contribution in [2.24, 2.45) is 0 Å². The number of anilines is 3. The summed E-state index contributed by atoms with van der Waals surface area (Å²) in [5.74, 6) is 2.45. The molecular weight excluding hydrogens is 544 g/mol. The number of benzene rings is 4. The number of nitrogens with one attached hydrogen (secondary N) is 3. The van der Waals surface area contributed by atoms with Crippen LogP contribution in [0.15, 0.2) is 97.1 Å². The lowest BCUT2D eigenvalue weighted by Crippen LogP contribution is -2.38. The Labute approximate surface area is 244 Å². The van der Waals surface area contributed by atoms with Crippen LogP contribution < -0.4 is 35.1 Å². The van der Waals surface area contributed by atoms with Crippen LogP contribution >= 0.6 is 11.6 Å². The van der Waals surface area contributed by atoms with Crippen LogP contribution in [0.1, 0.15) is 6.42 Å². The molecule has 41 heavy (non-hydrogen) atoms. The Morgan fingerprint density at radius 1 is 0.780 bits per heavy atom. The van der Waals surface area contributed by atoms with Gasteiger partial charge in [-0.3, -0.25) is 4.90 Å². The number of carbonyl (C=O) groups is 2. The largest absolute Gasteiger partial charge is 0.497 e. The minimum Gasteiger partial charge on any atom is -0.497 e. The monoisotopic (exact) mass is 574 g/mol. The molecule has 0 aromatic heterocycles. The van der Waals surface area contributed by atoms with E-state index in [4.69, 9.17) is 25.8 Å². The average molecular weight is 575 g/mol. The topological polar surface area (TPSA) is 101 Å². The first-order valence-corrected chi connectivity index (χ1v) is 13.3. The van der Waals surface area contributed by atoms with Gasteiger partial charge in [-0.05, 0) is 79.2 Å². The maximum absolute atomic E-state index is 13.3. The Balaban J connectivity index is 1.38. The molecule has 10 heteroatoms. The van der Waals surface area contributed by atoms with Gasteiger partial charge in [0, 0.05) is 35.6 Å². The number of hydrogen-bond donors (Lipinski definition) is 3. The van der Waals surface area contributed by atoms with E-state index in [0.717, 1.165) is 0 Å². The van der Waals surface area contributed by atoms with Crippen LogP contribution in [0.2, 0.25) is 5.02 Å². The Morgan fingerprint density at radius 2 is 1.46 bits per heavy atom. The van der Waals surface area contributed by atoms with Crippen molar-refractivity contribution in [2.45, 2.75) is 6.42 Å². The summed E-state index contributed by atoms with van der Waals surface area (Å²) in [4.78, 5) is 27.4. The molecule has 4 amide bonds. The van der Waals surface area contributed by atoms with Gasteiger partial charge in [-0.25, -0.2) is 9.59 Å². The second-order valence-electron chi connectivity index (χ2n) is 8.80. The van der Waals surface area contributed by atoms with Gasteiger partial charge in [0.2, 0.25) is 0 Å². The molecule has 0 aliphatic carbocycles. The van der Waals surface area contributed by atoms with Gasteiger partial charge in [-0.15, -0.1) is 0 Å². The second kappa shape index (κ2) is 14.5. The summed E-state index contributed by atoms with van der Waals surface area (Å²) in [5, 5.41) is 9.06. The van der Waals surface area contributed by atoms with Crippen molar-refractivity contribution >= 4 is 40.7 Å². The van der Waals surface area contributed by atoms with Crippen LogP contribution in [0, 0.1) is 0 Å². The van der Waals surface area contributed by atoms with Gasteiger partial charge in [0.1, 0.15) is 23.0 Å². The maximum atomic E-state index is 13.3. The summed E-state index contributed by atoms with van der Waals surface area (Å²) in [5.41, 5.74) is 1.79. The van der Waals surface area contributed by atoms with Crippen LogP contribution in [-0.4, -0.2) is 39.4 Å². The van der Waals surface area contributed by atoms with Crippen molar-refractivity contribution in [3.63, 3.8) is 0 Å². The summed E-state index contributed by atoms with van der Waals surface area (Å²) in [7, 11) is 3.07. The maximum Gasteiger partial charge on any atom is 0.326 e. The molecule has 0 radical (unpaired) electrons. The molecule has 0 saturated heterocycles. The third-order valence-electron chi connectivity index (χ3n) is 5.97. The lowest BCUT2D eigenvalue weighted by Gasteiger charge is -2.24. The smallest absolute Gasteiger partial charge is 0.326 e. The number of urea groups is 2. The van der Waals surface area contributed by atoms with Gasteiger partial charge in [0.05, 0.1) is 19.9 Å². The van der Waals surface area contributed by atoms with Crippen LogP contribution in [0.3, 0.4) is 0 Å². The summed E-state index contributed by atoms with van der Waals surface area (Å²) >= 11 is 5.98. The van der Waals surface area contributed by atoms with E-state index in [1.54, 1.807) is 66.6 Å². The molecule has 0 bridgehead atoms. The van der Waals surface area contributed by atoms with Crippen molar-refractivity contribution in [1.82, 2.24) is 5.32 Å². The number of para-hydroxylation sites is 1. The van der Waals surface area contributed by atoms with Crippen molar-refractivity contribution < 1.29 is 23.8 Å². The standard InChI is InChI=1S/C31H31ClN4O5/c1-39-27-17-18-28(29(21-27)40-2)35-30(37)33-19-6-20-36(31(38)34-23-11-9-22(32)10-12-23)24-13-15-26(16-14-24)41-25-7-4-3-5-8-25/h3-5,7-18,21H,6,19-20H2,1-2H3,(H,34,38)(H2,33,35,37). The predicted octanol–water partition coefficient (Wildman–Crippen LogP) is 7.40. The molecule has 4 aromatic carbocycles. The Bertz CT molecular complexity index is 1430. The Kier molecular flexibility index (Phi) is 10.3. The molecule has 0 heterocycles. The average Bonchev–Trinajstić information content (AvgIpc) is 2.99. The number of ether oxygens (including phenoxy) is 3. The van der Waals surface area contributed by atoms with Gasteiger partial charge >= 0.3 is 12.1 Å². The summed E-state index contributed by atoms with van der Waals surface area (Å²) in [6.45, 7) is 0.661. The SMILES string of the molecule is COc1ccc(NC(=O)NCCCN(C(=O)Nc2ccc(Cl)cc2)c2ccc(Oc3ccccc3)cc2)c(OC)c1.